The highest BCUT2D eigenvalue weighted by molar-refractivity contribution is 5.90. The van der Waals surface area contributed by atoms with Crippen LogP contribution in [0.4, 0.5) is 0 Å². The van der Waals surface area contributed by atoms with Crippen LogP contribution >= 0.6 is 0 Å². The molecule has 20 heavy (non-hydrogen) atoms. The third kappa shape index (κ3) is 5.23. The van der Waals surface area contributed by atoms with Crippen molar-refractivity contribution in [3.8, 4) is 0 Å². The van der Waals surface area contributed by atoms with Crippen molar-refractivity contribution in [1.82, 2.24) is 10.2 Å². The van der Waals surface area contributed by atoms with E-state index < -0.39 is 5.97 Å². The number of hydrogen-bond donors (Lipinski definition) is 2. The molecule has 1 aromatic rings. The molecule has 0 aliphatic heterocycles. The zero-order chi connectivity index (χ0) is 14.8. The Bertz CT molecular complexity index is 448. The second-order valence-electron chi connectivity index (χ2n) is 5.02. The fourth-order valence-corrected chi connectivity index (χ4v) is 2.26. The molecule has 0 unspecified atom stereocenters. The molecule has 2 N–H and O–H groups in total. The van der Waals surface area contributed by atoms with Crippen molar-refractivity contribution in [1.29, 1.82) is 0 Å². The van der Waals surface area contributed by atoms with Gasteiger partial charge in [-0.2, -0.15) is 0 Å². The maximum Gasteiger partial charge on any atom is 0.345 e. The Labute approximate surface area is 120 Å². The van der Waals surface area contributed by atoms with Crippen LogP contribution in [-0.4, -0.2) is 22.8 Å². The van der Waals surface area contributed by atoms with Gasteiger partial charge >= 0.3 is 5.97 Å². The summed E-state index contributed by atoms with van der Waals surface area (Å²) in [6.07, 6.45) is 9.15. The Balaban J connectivity index is 2.37. The Kier molecular flexibility index (Phi) is 7.77. The van der Waals surface area contributed by atoms with Gasteiger partial charge in [0.15, 0.2) is 0 Å². The highest BCUT2D eigenvalue weighted by atomic mass is 16.5. The summed E-state index contributed by atoms with van der Waals surface area (Å²) in [5.41, 5.74) is 0.418. The van der Waals surface area contributed by atoms with Crippen molar-refractivity contribution >= 4 is 5.97 Å². The lowest BCUT2D eigenvalue weighted by molar-refractivity contribution is 0.0523. The van der Waals surface area contributed by atoms with Crippen LogP contribution < -0.4 is 5.56 Å². The van der Waals surface area contributed by atoms with Gasteiger partial charge in [0, 0.05) is 0 Å². The van der Waals surface area contributed by atoms with Crippen molar-refractivity contribution in [2.45, 2.75) is 65.2 Å². The number of ether oxygens (including phenoxy) is 1. The van der Waals surface area contributed by atoms with Crippen molar-refractivity contribution in [2.75, 3.05) is 6.61 Å². The first-order chi connectivity index (χ1) is 9.70. The summed E-state index contributed by atoms with van der Waals surface area (Å²) in [5.74, 6) is -0.534. The second kappa shape index (κ2) is 9.39. The van der Waals surface area contributed by atoms with Gasteiger partial charge in [-0.15, -0.1) is 0 Å². The SMILES string of the molecule is CCCCCCCCCc1[nH][nH]c(=O)c1C(=O)OCC. The van der Waals surface area contributed by atoms with E-state index in [1.807, 2.05) is 0 Å². The fourth-order valence-electron chi connectivity index (χ4n) is 2.26. The molecule has 0 aliphatic carbocycles. The molecule has 1 aromatic heterocycles. The first kappa shape index (κ1) is 16.5. The Hall–Kier alpha value is -1.52. The quantitative estimate of drug-likeness (QED) is 0.511. The van der Waals surface area contributed by atoms with Crippen LogP contribution in [0.5, 0.6) is 0 Å². The van der Waals surface area contributed by atoms with Crippen LogP contribution in [0.15, 0.2) is 4.79 Å². The Morgan fingerprint density at radius 2 is 1.65 bits per heavy atom. The van der Waals surface area contributed by atoms with E-state index in [4.69, 9.17) is 4.74 Å². The molecule has 0 saturated heterocycles. The van der Waals surface area contributed by atoms with Gasteiger partial charge in [-0.1, -0.05) is 45.4 Å². The lowest BCUT2D eigenvalue weighted by Crippen LogP contribution is -2.16. The van der Waals surface area contributed by atoms with E-state index in [1.54, 1.807) is 6.92 Å². The number of unbranched alkanes of at least 4 members (excludes halogenated alkanes) is 6. The summed E-state index contributed by atoms with van der Waals surface area (Å²) in [5, 5.41) is 5.25. The number of aromatic nitrogens is 2. The lowest BCUT2D eigenvalue weighted by Gasteiger charge is -2.03. The highest BCUT2D eigenvalue weighted by Crippen LogP contribution is 2.11. The molecule has 0 bridgehead atoms. The minimum Gasteiger partial charge on any atom is -0.462 e. The zero-order valence-corrected chi connectivity index (χ0v) is 12.6. The van der Waals surface area contributed by atoms with Gasteiger partial charge in [0.1, 0.15) is 5.56 Å². The van der Waals surface area contributed by atoms with Gasteiger partial charge in [0.25, 0.3) is 5.56 Å². The molecule has 0 aromatic carbocycles. The minimum absolute atomic E-state index is 0.137. The average molecular weight is 282 g/mol. The number of carbonyl (C=O) groups excluding carboxylic acids is 1. The maximum absolute atomic E-state index is 11.7. The molecule has 5 nitrogen and oxygen atoms in total. The predicted octanol–water partition coefficient (Wildman–Crippen LogP) is 3.17. The molecular weight excluding hydrogens is 256 g/mol. The third-order valence-electron chi connectivity index (χ3n) is 3.37. The average Bonchev–Trinajstić information content (AvgIpc) is 2.79. The van der Waals surface area contributed by atoms with Crippen molar-refractivity contribution in [3.05, 3.63) is 21.6 Å². The van der Waals surface area contributed by atoms with E-state index in [2.05, 4.69) is 17.1 Å². The molecule has 5 heteroatoms. The predicted molar refractivity (Wildman–Crippen MR) is 79.1 cm³/mol. The summed E-state index contributed by atoms with van der Waals surface area (Å²) in [6.45, 7) is 4.22. The van der Waals surface area contributed by atoms with Crippen LogP contribution in [0, 0.1) is 0 Å². The summed E-state index contributed by atoms with van der Waals surface area (Å²) in [6, 6.07) is 0. The number of esters is 1. The number of aromatic amines is 2. The van der Waals surface area contributed by atoms with Crippen LogP contribution in [0.3, 0.4) is 0 Å². The second-order valence-corrected chi connectivity index (χ2v) is 5.02. The molecule has 0 amide bonds. The van der Waals surface area contributed by atoms with Crippen LogP contribution in [0.1, 0.15) is 74.8 Å². The van der Waals surface area contributed by atoms with Crippen molar-refractivity contribution < 1.29 is 9.53 Å². The number of H-pyrrole nitrogens is 2. The van der Waals surface area contributed by atoms with E-state index in [-0.39, 0.29) is 17.7 Å². The van der Waals surface area contributed by atoms with Gasteiger partial charge < -0.3 is 9.84 Å². The Morgan fingerprint density at radius 3 is 2.30 bits per heavy atom. The van der Waals surface area contributed by atoms with E-state index in [0.29, 0.717) is 12.1 Å². The topological polar surface area (TPSA) is 75.0 Å². The first-order valence-corrected chi connectivity index (χ1v) is 7.67. The number of aryl methyl sites for hydroxylation is 1. The molecule has 1 heterocycles. The third-order valence-corrected chi connectivity index (χ3v) is 3.37. The summed E-state index contributed by atoms with van der Waals surface area (Å²) < 4.78 is 4.90. The van der Waals surface area contributed by atoms with Crippen LogP contribution in [-0.2, 0) is 11.2 Å². The first-order valence-electron chi connectivity index (χ1n) is 7.67. The lowest BCUT2D eigenvalue weighted by atomic mass is 10.1. The molecule has 0 radical (unpaired) electrons. The number of nitrogens with one attached hydrogen (secondary N) is 2. The van der Waals surface area contributed by atoms with E-state index >= 15 is 0 Å². The number of hydrogen-bond acceptors (Lipinski definition) is 3. The van der Waals surface area contributed by atoms with E-state index in [1.165, 1.54) is 32.1 Å². The standard InChI is InChI=1S/C15H26N2O3/c1-3-5-6-7-8-9-10-11-12-13(14(18)17-16-12)15(19)20-4-2/h3-11H2,1-2H3,(H2,16,17,18). The molecule has 114 valence electrons. The van der Waals surface area contributed by atoms with E-state index in [9.17, 15) is 9.59 Å². The normalized spacial score (nSPS) is 10.7. The van der Waals surface area contributed by atoms with Gasteiger partial charge in [-0.05, 0) is 19.8 Å². The molecule has 0 atom stereocenters. The van der Waals surface area contributed by atoms with Gasteiger partial charge in [0.05, 0.1) is 12.3 Å². The number of carbonyl (C=O) groups is 1. The zero-order valence-electron chi connectivity index (χ0n) is 12.6. The van der Waals surface area contributed by atoms with Crippen molar-refractivity contribution in [2.24, 2.45) is 0 Å². The smallest absolute Gasteiger partial charge is 0.345 e. The summed E-state index contributed by atoms with van der Waals surface area (Å²) in [4.78, 5) is 23.3. The molecule has 1 rings (SSSR count). The Morgan fingerprint density at radius 1 is 1.00 bits per heavy atom. The summed E-state index contributed by atoms with van der Waals surface area (Å²) in [7, 11) is 0. The van der Waals surface area contributed by atoms with Gasteiger partial charge in [0.2, 0.25) is 0 Å². The summed E-state index contributed by atoms with van der Waals surface area (Å²) >= 11 is 0. The van der Waals surface area contributed by atoms with Gasteiger partial charge in [-0.25, -0.2) is 4.79 Å². The van der Waals surface area contributed by atoms with Crippen molar-refractivity contribution in [3.63, 3.8) is 0 Å². The minimum atomic E-state index is -0.534. The maximum atomic E-state index is 11.7. The largest absolute Gasteiger partial charge is 0.462 e. The monoisotopic (exact) mass is 282 g/mol. The van der Waals surface area contributed by atoms with Gasteiger partial charge in [-0.3, -0.25) is 9.89 Å². The molecular formula is C15H26N2O3. The van der Waals surface area contributed by atoms with Crippen LogP contribution in [0.2, 0.25) is 0 Å². The molecule has 0 saturated carbocycles. The van der Waals surface area contributed by atoms with E-state index in [0.717, 1.165) is 12.8 Å². The molecule has 0 spiro atoms. The molecule has 0 fully saturated rings. The highest BCUT2D eigenvalue weighted by Gasteiger charge is 2.18. The van der Waals surface area contributed by atoms with Crippen LogP contribution in [0.25, 0.3) is 0 Å². The fraction of sp³-hybridized carbons (Fsp3) is 0.733. The number of rotatable bonds is 10. The molecule has 0 aliphatic rings.